The van der Waals surface area contributed by atoms with Crippen molar-refractivity contribution in [1.29, 1.82) is 1.12 Å². The highest BCUT2D eigenvalue weighted by Gasteiger charge is 1.81. The molecule has 0 unspecified atom stereocenters. The van der Waals surface area contributed by atoms with Crippen molar-refractivity contribution in [2.24, 2.45) is 0 Å². The minimum absolute atomic E-state index is 0.00849. The Morgan fingerprint density at radius 1 is 2.00 bits per heavy atom. The Morgan fingerprint density at radius 3 is 2.43 bits per heavy atom. The molecule has 42 valence electrons. The van der Waals surface area contributed by atoms with Gasteiger partial charge >= 0.3 is 0 Å². The average Bonchev–Trinajstić information content (AvgIpc) is 1.21. The lowest BCUT2D eigenvalue weighted by Gasteiger charge is -1.67. The molecule has 0 spiro atoms. The highest BCUT2D eigenvalue weighted by atomic mass is 35.5. The minimum atomic E-state index is -4.14. The second-order valence-electron chi connectivity index (χ2n) is 0.668. The van der Waals surface area contributed by atoms with Crippen LogP contribution in [-0.4, -0.2) is 9.54 Å². The molecule has 0 aromatic heterocycles. The van der Waals surface area contributed by atoms with E-state index in [1.54, 1.807) is 0 Å². The Labute approximate surface area is 47.6 Å². The molecule has 0 saturated carbocycles. The van der Waals surface area contributed by atoms with Crippen molar-refractivity contribution < 1.29 is 12.8 Å². The summed E-state index contributed by atoms with van der Waals surface area (Å²) in [6, 6.07) is 0. The monoisotopic (exact) mass is 145 g/mol. The van der Waals surface area contributed by atoms with Crippen LogP contribution in [0.2, 0.25) is 0 Å². The largest absolute Gasteiger partial charge is 0.227 e. The first-order chi connectivity index (χ1) is 3.42. The molecule has 0 rings (SSSR count). The van der Waals surface area contributed by atoms with Gasteiger partial charge < -0.3 is 0 Å². The first-order valence-corrected chi connectivity index (χ1v) is 2.75. The van der Waals surface area contributed by atoms with Crippen LogP contribution in [0.3, 0.4) is 0 Å². The topological polar surface area (TPSA) is 34.1 Å². The fraction of sp³-hybridized carbons (Fsp3) is 0. The number of rotatable bonds is 1. The van der Waals surface area contributed by atoms with Crippen molar-refractivity contribution in [2.45, 2.75) is 0 Å². The van der Waals surface area contributed by atoms with Crippen molar-refractivity contribution >= 4 is 22.2 Å². The molecule has 0 atom stereocenters. The Hall–Kier alpha value is -0.0900. The van der Waals surface area contributed by atoms with E-state index in [0.717, 1.165) is 0 Å². The van der Waals surface area contributed by atoms with Crippen molar-refractivity contribution in [3.05, 3.63) is 10.7 Å². The summed E-state index contributed by atoms with van der Waals surface area (Å²) >= 11 is 4.46. The molecule has 0 aromatic rings. The summed E-state index contributed by atoms with van der Waals surface area (Å²) in [6.45, 7) is 0. The molecular weight excluding hydrogens is 143 g/mol. The van der Waals surface area contributed by atoms with Crippen molar-refractivity contribution in [3.63, 3.8) is 0 Å². The van der Waals surface area contributed by atoms with Gasteiger partial charge in [-0.2, -0.15) is 4.39 Å². The van der Waals surface area contributed by atoms with Gasteiger partial charge in [0.05, 0.1) is 5.41 Å². The van der Waals surface area contributed by atoms with Crippen LogP contribution in [0.15, 0.2) is 10.7 Å². The molecule has 0 N–H and O–H groups in total. The predicted octanol–water partition coefficient (Wildman–Crippen LogP) is 0.605. The number of thiol groups is 1. The van der Waals surface area contributed by atoms with Gasteiger partial charge in [-0.05, 0) is 0 Å². The van der Waals surface area contributed by atoms with Gasteiger partial charge in [-0.1, -0.05) is 11.6 Å². The maximum absolute atomic E-state index is 11.3. The molecule has 0 bridgehead atoms. The lowest BCUT2D eigenvalue weighted by molar-refractivity contribution is 0.620. The van der Waals surface area contributed by atoms with Gasteiger partial charge in [0.1, 0.15) is 0 Å². The van der Waals surface area contributed by atoms with E-state index in [0.29, 0.717) is 0 Å². The minimum Gasteiger partial charge on any atom is -0.227 e. The molecule has 0 amide bonds. The summed E-state index contributed by atoms with van der Waals surface area (Å²) in [4.78, 5) is 0. The van der Waals surface area contributed by atoms with E-state index in [4.69, 9.17) is 1.12 Å². The SMILES string of the molecule is [2H]S(=O)(=O)C=C(F)Cl. The molecule has 0 aromatic carbocycles. The normalized spacial score (nSPS) is 16.3. The Kier molecular flexibility index (Phi) is 2.15. The van der Waals surface area contributed by atoms with E-state index in [9.17, 15) is 12.8 Å². The van der Waals surface area contributed by atoms with Gasteiger partial charge in [-0.25, -0.2) is 8.42 Å². The predicted molar refractivity (Wildman–Crippen MR) is 25.4 cm³/mol. The zero-order valence-corrected chi connectivity index (χ0v) is 4.63. The van der Waals surface area contributed by atoms with Crippen LogP contribution in [0.4, 0.5) is 4.39 Å². The molecular formula is C2H2ClFO2S. The molecule has 0 saturated heterocycles. The summed E-state index contributed by atoms with van der Waals surface area (Å²) in [5.41, 5.74) is 0. The van der Waals surface area contributed by atoms with Crippen LogP contribution in [0.5, 0.6) is 0 Å². The number of hydrogen-bond acceptors (Lipinski definition) is 2. The smallest absolute Gasteiger partial charge is 0.200 e. The lowest BCUT2D eigenvalue weighted by atomic mass is 11.2. The van der Waals surface area contributed by atoms with Gasteiger partial charge in [-0.15, -0.1) is 0 Å². The zero-order valence-electron chi connectivity index (χ0n) is 4.06. The fourth-order valence-corrected chi connectivity index (χ4v) is 0.436. The molecule has 0 heterocycles. The maximum atomic E-state index is 11.3. The average molecular weight is 146 g/mol. The van der Waals surface area contributed by atoms with E-state index in [-0.39, 0.29) is 5.41 Å². The molecule has 0 aliphatic heterocycles. The summed E-state index contributed by atoms with van der Waals surface area (Å²) in [7, 11) is -4.14. The van der Waals surface area contributed by atoms with Gasteiger partial charge in [0.15, 0.2) is 17.0 Å². The van der Waals surface area contributed by atoms with Crippen LogP contribution < -0.4 is 0 Å². The van der Waals surface area contributed by atoms with Crippen LogP contribution in [0.25, 0.3) is 0 Å². The molecule has 7 heavy (non-hydrogen) atoms. The summed E-state index contributed by atoms with van der Waals surface area (Å²) < 4.78 is 36.8. The number of hydrogen-bond donors (Lipinski definition) is 1. The summed E-state index contributed by atoms with van der Waals surface area (Å²) in [6.07, 6.45) is 0. The van der Waals surface area contributed by atoms with Gasteiger partial charge in [0, 0.05) is 0 Å². The van der Waals surface area contributed by atoms with E-state index >= 15 is 0 Å². The maximum Gasteiger partial charge on any atom is 0.200 e. The van der Waals surface area contributed by atoms with E-state index < -0.39 is 15.9 Å². The van der Waals surface area contributed by atoms with E-state index in [1.807, 2.05) is 0 Å². The van der Waals surface area contributed by atoms with Crippen LogP contribution in [0, 0.1) is 0 Å². The highest BCUT2D eigenvalue weighted by molar-refractivity contribution is 7.75. The Balaban J connectivity index is 4.36. The third-order valence-corrected chi connectivity index (χ3v) is 0.823. The molecule has 5 heteroatoms. The van der Waals surface area contributed by atoms with Crippen molar-refractivity contribution in [1.82, 2.24) is 0 Å². The highest BCUT2D eigenvalue weighted by Crippen LogP contribution is 1.99. The molecule has 0 aliphatic rings. The zero-order chi connectivity index (χ0) is 6.78. The fourth-order valence-electron chi connectivity index (χ4n) is 0.0727. The van der Waals surface area contributed by atoms with Gasteiger partial charge in [0.25, 0.3) is 0 Å². The summed E-state index contributed by atoms with van der Waals surface area (Å²) in [5, 5.41) is -1.39. The van der Waals surface area contributed by atoms with Gasteiger partial charge in [-0.3, -0.25) is 0 Å². The Bertz CT molecular complexity index is 192. The Morgan fingerprint density at radius 2 is 2.43 bits per heavy atom. The third kappa shape index (κ3) is 5.91. The standard InChI is InChI=1S/C2H2ClFO2S/c3-2(4)1-7(5)6/h1,7H/i7D. The first-order valence-electron chi connectivity index (χ1n) is 1.64. The third-order valence-electron chi connectivity index (χ3n) is 0.185. The number of halogens is 2. The van der Waals surface area contributed by atoms with Crippen LogP contribution in [-0.2, 0) is 10.6 Å². The molecule has 2 nitrogen and oxygen atoms in total. The van der Waals surface area contributed by atoms with E-state index in [1.165, 1.54) is 0 Å². The van der Waals surface area contributed by atoms with Crippen LogP contribution in [0.1, 0.15) is 0 Å². The molecule has 0 radical (unpaired) electrons. The van der Waals surface area contributed by atoms with Crippen molar-refractivity contribution in [2.75, 3.05) is 0 Å². The molecule has 0 fully saturated rings. The second kappa shape index (κ2) is 2.98. The second-order valence-corrected chi connectivity index (χ2v) is 1.79. The first kappa shape index (κ1) is 5.05. The quantitative estimate of drug-likeness (QED) is 0.549. The van der Waals surface area contributed by atoms with Gasteiger partial charge in [0.2, 0.25) is 0 Å². The van der Waals surface area contributed by atoms with Crippen LogP contribution >= 0.6 is 11.6 Å². The lowest BCUT2D eigenvalue weighted by Crippen LogP contribution is -1.62. The van der Waals surface area contributed by atoms with Crippen molar-refractivity contribution in [3.8, 4) is 0 Å². The molecule has 0 aliphatic carbocycles. The summed E-state index contributed by atoms with van der Waals surface area (Å²) in [5.74, 6) is 0. The van der Waals surface area contributed by atoms with E-state index in [2.05, 4.69) is 11.6 Å².